The summed E-state index contributed by atoms with van der Waals surface area (Å²) in [6.45, 7) is 7.26. The number of hydrogen-bond donors (Lipinski definition) is 1. The van der Waals surface area contributed by atoms with Crippen molar-refractivity contribution in [2.75, 3.05) is 51.7 Å². The maximum atomic E-state index is 12.9. The maximum absolute atomic E-state index is 12.9. The van der Waals surface area contributed by atoms with Gasteiger partial charge < -0.3 is 19.9 Å². The van der Waals surface area contributed by atoms with Gasteiger partial charge >= 0.3 is 6.03 Å². The minimum absolute atomic E-state index is 0.116. The van der Waals surface area contributed by atoms with Crippen molar-refractivity contribution >= 4 is 17.6 Å². The molecule has 2 aromatic carbocycles. The summed E-state index contributed by atoms with van der Waals surface area (Å²) < 4.78 is 5.23. The topological polar surface area (TPSA) is 65.1 Å². The fourth-order valence-electron chi connectivity index (χ4n) is 3.95. The summed E-state index contributed by atoms with van der Waals surface area (Å²) >= 11 is 0. The molecule has 0 unspecified atom stereocenters. The molecule has 7 nitrogen and oxygen atoms in total. The van der Waals surface area contributed by atoms with E-state index in [0.717, 1.165) is 45.6 Å². The van der Waals surface area contributed by atoms with E-state index in [1.165, 1.54) is 5.56 Å². The van der Waals surface area contributed by atoms with Gasteiger partial charge in [-0.2, -0.15) is 0 Å². The van der Waals surface area contributed by atoms with E-state index in [0.29, 0.717) is 30.9 Å². The molecule has 0 bridgehead atoms. The first-order chi connectivity index (χ1) is 16.1. The summed E-state index contributed by atoms with van der Waals surface area (Å²) in [4.78, 5) is 31.8. The molecule has 1 aliphatic rings. The van der Waals surface area contributed by atoms with E-state index in [2.05, 4.69) is 41.4 Å². The zero-order valence-corrected chi connectivity index (χ0v) is 19.8. The molecule has 3 amide bonds. The van der Waals surface area contributed by atoms with Crippen molar-refractivity contribution in [1.82, 2.24) is 14.7 Å². The van der Waals surface area contributed by atoms with E-state index in [1.54, 1.807) is 18.1 Å². The predicted octanol–water partition coefficient (Wildman–Crippen LogP) is 4.06. The lowest BCUT2D eigenvalue weighted by atomic mass is 10.2. The highest BCUT2D eigenvalue weighted by Crippen LogP contribution is 2.17. The van der Waals surface area contributed by atoms with E-state index in [-0.39, 0.29) is 11.9 Å². The largest absolute Gasteiger partial charge is 0.497 e. The SMILES string of the molecule is CCCCN(CCC(=O)N1CCN(Cc2ccccc2)CC1)C(=O)Nc1cccc(OC)c1. The Bertz CT molecular complexity index is 882. The number of benzene rings is 2. The number of carbonyl (C=O) groups excluding carboxylic acids is 2. The third-order valence-electron chi connectivity index (χ3n) is 5.96. The number of hydrogen-bond acceptors (Lipinski definition) is 4. The van der Waals surface area contributed by atoms with Crippen LogP contribution in [0.25, 0.3) is 0 Å². The van der Waals surface area contributed by atoms with Crippen LogP contribution in [-0.2, 0) is 11.3 Å². The second kappa shape index (κ2) is 12.8. The molecule has 0 aliphatic carbocycles. The molecule has 0 radical (unpaired) electrons. The van der Waals surface area contributed by atoms with Crippen molar-refractivity contribution in [3.63, 3.8) is 0 Å². The zero-order valence-electron chi connectivity index (χ0n) is 19.8. The lowest BCUT2D eigenvalue weighted by Crippen LogP contribution is -2.49. The van der Waals surface area contributed by atoms with Gasteiger partial charge in [0.25, 0.3) is 0 Å². The minimum atomic E-state index is -0.183. The summed E-state index contributed by atoms with van der Waals surface area (Å²) in [5, 5.41) is 2.93. The molecule has 3 rings (SSSR count). The lowest BCUT2D eigenvalue weighted by molar-refractivity contribution is -0.133. The van der Waals surface area contributed by atoms with Crippen LogP contribution < -0.4 is 10.1 Å². The number of urea groups is 1. The van der Waals surface area contributed by atoms with Gasteiger partial charge in [0.05, 0.1) is 7.11 Å². The second-order valence-corrected chi connectivity index (χ2v) is 8.40. The van der Waals surface area contributed by atoms with Gasteiger partial charge in [-0.25, -0.2) is 4.79 Å². The molecule has 0 atom stereocenters. The average molecular weight is 453 g/mol. The molecule has 2 aromatic rings. The Morgan fingerprint density at radius 1 is 1.00 bits per heavy atom. The molecular weight excluding hydrogens is 416 g/mol. The molecule has 0 aromatic heterocycles. The van der Waals surface area contributed by atoms with Crippen molar-refractivity contribution in [1.29, 1.82) is 0 Å². The number of rotatable bonds is 10. The molecular formula is C26H36N4O3. The minimum Gasteiger partial charge on any atom is -0.497 e. The second-order valence-electron chi connectivity index (χ2n) is 8.40. The first-order valence-corrected chi connectivity index (χ1v) is 11.8. The Balaban J connectivity index is 1.47. The highest BCUT2D eigenvalue weighted by molar-refractivity contribution is 5.90. The van der Waals surface area contributed by atoms with Gasteiger partial charge in [0.2, 0.25) is 5.91 Å². The molecule has 0 spiro atoms. The van der Waals surface area contributed by atoms with Crippen molar-refractivity contribution in [2.45, 2.75) is 32.7 Å². The van der Waals surface area contributed by atoms with Crippen LogP contribution in [0.5, 0.6) is 5.75 Å². The van der Waals surface area contributed by atoms with E-state index in [1.807, 2.05) is 29.2 Å². The molecule has 33 heavy (non-hydrogen) atoms. The first kappa shape index (κ1) is 24.6. The third kappa shape index (κ3) is 7.79. The van der Waals surface area contributed by atoms with Crippen molar-refractivity contribution in [3.8, 4) is 5.75 Å². The number of anilines is 1. The Morgan fingerprint density at radius 3 is 2.45 bits per heavy atom. The van der Waals surface area contributed by atoms with Gasteiger partial charge in [0, 0.05) is 64.0 Å². The number of nitrogens with zero attached hydrogens (tertiary/aromatic N) is 3. The number of unbranched alkanes of at least 4 members (excludes halogenated alkanes) is 1. The fourth-order valence-corrected chi connectivity index (χ4v) is 3.95. The lowest BCUT2D eigenvalue weighted by Gasteiger charge is -2.35. The van der Waals surface area contributed by atoms with Crippen LogP contribution in [0, 0.1) is 0 Å². The number of methoxy groups -OCH3 is 1. The molecule has 0 saturated carbocycles. The first-order valence-electron chi connectivity index (χ1n) is 11.8. The number of ether oxygens (including phenoxy) is 1. The predicted molar refractivity (Wildman–Crippen MR) is 131 cm³/mol. The van der Waals surface area contributed by atoms with Crippen LogP contribution in [-0.4, -0.2) is 73.0 Å². The molecule has 1 heterocycles. The van der Waals surface area contributed by atoms with E-state index in [9.17, 15) is 9.59 Å². The normalized spacial score (nSPS) is 14.1. The highest BCUT2D eigenvalue weighted by Gasteiger charge is 2.22. The van der Waals surface area contributed by atoms with Gasteiger partial charge in [-0.05, 0) is 24.1 Å². The summed E-state index contributed by atoms with van der Waals surface area (Å²) in [7, 11) is 1.60. The zero-order chi connectivity index (χ0) is 23.5. The van der Waals surface area contributed by atoms with Crippen LogP contribution in [0.3, 0.4) is 0 Å². The summed E-state index contributed by atoms with van der Waals surface area (Å²) in [6, 6.07) is 17.5. The van der Waals surface area contributed by atoms with Crippen molar-refractivity contribution in [2.24, 2.45) is 0 Å². The molecule has 1 fully saturated rings. The van der Waals surface area contributed by atoms with Gasteiger partial charge in [0.1, 0.15) is 5.75 Å². The van der Waals surface area contributed by atoms with Crippen molar-refractivity contribution < 1.29 is 14.3 Å². The summed E-state index contributed by atoms with van der Waals surface area (Å²) in [6.07, 6.45) is 2.23. The number of carbonyl (C=O) groups is 2. The monoisotopic (exact) mass is 452 g/mol. The van der Waals surface area contributed by atoms with Crippen LogP contribution in [0.15, 0.2) is 54.6 Å². The molecule has 1 saturated heterocycles. The molecule has 178 valence electrons. The van der Waals surface area contributed by atoms with E-state index >= 15 is 0 Å². The van der Waals surface area contributed by atoms with Crippen LogP contribution in [0.4, 0.5) is 10.5 Å². The standard InChI is InChI=1S/C26H36N4O3/c1-3-4-14-30(26(32)27-23-11-8-12-24(20-23)33-2)15-13-25(31)29-18-16-28(17-19-29)21-22-9-6-5-7-10-22/h5-12,20H,3-4,13-19,21H2,1-2H3,(H,27,32). The Morgan fingerprint density at radius 2 is 1.76 bits per heavy atom. The smallest absolute Gasteiger partial charge is 0.321 e. The van der Waals surface area contributed by atoms with Crippen molar-refractivity contribution in [3.05, 3.63) is 60.2 Å². The highest BCUT2D eigenvalue weighted by atomic mass is 16.5. The van der Waals surface area contributed by atoms with E-state index in [4.69, 9.17) is 4.74 Å². The van der Waals surface area contributed by atoms with Gasteiger partial charge in [-0.1, -0.05) is 49.7 Å². The van der Waals surface area contributed by atoms with Crippen LogP contribution in [0.1, 0.15) is 31.7 Å². The number of nitrogens with one attached hydrogen (secondary N) is 1. The van der Waals surface area contributed by atoms with Crippen LogP contribution >= 0.6 is 0 Å². The third-order valence-corrected chi connectivity index (χ3v) is 5.96. The quantitative estimate of drug-likeness (QED) is 0.590. The average Bonchev–Trinajstić information content (AvgIpc) is 2.85. The Kier molecular flexibility index (Phi) is 9.57. The summed E-state index contributed by atoms with van der Waals surface area (Å²) in [5.74, 6) is 0.805. The number of amides is 3. The summed E-state index contributed by atoms with van der Waals surface area (Å²) in [5.41, 5.74) is 1.98. The maximum Gasteiger partial charge on any atom is 0.321 e. The van der Waals surface area contributed by atoms with Gasteiger partial charge in [-0.3, -0.25) is 9.69 Å². The Labute approximate surface area is 197 Å². The van der Waals surface area contributed by atoms with Gasteiger partial charge in [0.15, 0.2) is 0 Å². The fraction of sp³-hybridized carbons (Fsp3) is 0.462. The van der Waals surface area contributed by atoms with Crippen LogP contribution in [0.2, 0.25) is 0 Å². The Hall–Kier alpha value is -3.06. The molecule has 1 N–H and O–H groups in total. The number of piperazine rings is 1. The van der Waals surface area contributed by atoms with Gasteiger partial charge in [-0.15, -0.1) is 0 Å². The molecule has 1 aliphatic heterocycles. The van der Waals surface area contributed by atoms with E-state index < -0.39 is 0 Å². The molecule has 7 heteroatoms.